The van der Waals surface area contributed by atoms with Crippen molar-refractivity contribution in [2.75, 3.05) is 0 Å². The van der Waals surface area contributed by atoms with Crippen molar-refractivity contribution in [1.29, 1.82) is 0 Å². The Morgan fingerprint density at radius 2 is 0.818 bits per heavy atom. The fourth-order valence-corrected chi connectivity index (χ4v) is 2.55. The van der Waals surface area contributed by atoms with E-state index in [1.54, 1.807) is 0 Å². The van der Waals surface area contributed by atoms with Crippen LogP contribution in [0.3, 0.4) is 0 Å². The molecule has 0 amide bonds. The highest BCUT2D eigenvalue weighted by molar-refractivity contribution is 6.81. The van der Waals surface area contributed by atoms with Crippen molar-refractivity contribution in [2.45, 2.75) is 0 Å². The molecule has 0 atom stereocenters. The van der Waals surface area contributed by atoms with Crippen molar-refractivity contribution in [3.8, 4) is 0 Å². The summed E-state index contributed by atoms with van der Waals surface area (Å²) in [4.78, 5) is 0. The topological polar surface area (TPSA) is 40.5 Å². The molecule has 0 unspecified atom stereocenters. The summed E-state index contributed by atoms with van der Waals surface area (Å²) in [6.45, 7) is -1.38. The van der Waals surface area contributed by atoms with E-state index in [4.69, 9.17) is 0 Å². The Kier molecular flexibility index (Phi) is 4.42. The van der Waals surface area contributed by atoms with Crippen LogP contribution in [0.15, 0.2) is 84.9 Å². The smallest absolute Gasteiger partial charge is 0.358 e. The Hall–Kier alpha value is -2.29. The normalized spacial score (nSPS) is 10.3. The zero-order valence-electron chi connectivity index (χ0n) is 12.1. The van der Waals surface area contributed by atoms with Crippen LogP contribution in [0.5, 0.6) is 0 Å². The molecule has 0 fully saturated rings. The quantitative estimate of drug-likeness (QED) is 0.657. The second kappa shape index (κ2) is 6.65. The molecule has 0 spiro atoms. The first-order chi connectivity index (χ1) is 10.8. The molecule has 0 aromatic heterocycles. The summed E-state index contributed by atoms with van der Waals surface area (Å²) in [6, 6.07) is 26.5. The first-order valence-corrected chi connectivity index (χ1v) is 7.31. The monoisotopic (exact) mass is 286 g/mol. The van der Waals surface area contributed by atoms with Gasteiger partial charge in [-0.2, -0.15) is 0 Å². The van der Waals surface area contributed by atoms with Crippen LogP contribution >= 0.6 is 0 Å². The molecule has 2 nitrogen and oxygen atoms in total. The fraction of sp³-hybridized carbons (Fsp3) is 0. The Bertz CT molecular complexity index is 672. The van der Waals surface area contributed by atoms with E-state index in [1.807, 2.05) is 84.9 Å². The number of rotatable bonds is 4. The molecule has 0 saturated carbocycles. The van der Waals surface area contributed by atoms with Crippen molar-refractivity contribution < 1.29 is 10.0 Å². The van der Waals surface area contributed by atoms with Gasteiger partial charge in [0.2, 0.25) is 0 Å². The molecule has 0 aliphatic rings. The lowest BCUT2D eigenvalue weighted by Gasteiger charge is -2.11. The molecule has 3 rings (SSSR count). The molecule has 3 aromatic rings. The molecule has 0 aliphatic carbocycles. The largest absolute Gasteiger partial charge is 0.443 e. The van der Waals surface area contributed by atoms with Gasteiger partial charge in [0, 0.05) is 0 Å². The van der Waals surface area contributed by atoms with E-state index in [9.17, 15) is 10.0 Å². The number of hydrogen-bond acceptors (Lipinski definition) is 2. The van der Waals surface area contributed by atoms with Gasteiger partial charge in [0.25, 0.3) is 0 Å². The van der Waals surface area contributed by atoms with Gasteiger partial charge in [0.15, 0.2) is 0 Å². The highest BCUT2D eigenvalue weighted by Crippen LogP contribution is 1.92. The molecule has 0 bridgehead atoms. The second-order valence-electron chi connectivity index (χ2n) is 5.30. The van der Waals surface area contributed by atoms with E-state index in [-0.39, 0.29) is 0 Å². The Morgan fingerprint density at radius 3 is 1.23 bits per heavy atom. The minimum atomic E-state index is -0.691. The zero-order valence-corrected chi connectivity index (χ0v) is 12.1. The predicted octanol–water partition coefficient (Wildman–Crippen LogP) is -0.117. The molecular weight excluding hydrogens is 270 g/mol. The molecule has 4 heteroatoms. The summed E-state index contributed by atoms with van der Waals surface area (Å²) in [7, 11) is 0. The molecule has 0 heterocycles. The van der Waals surface area contributed by atoms with Gasteiger partial charge in [0.05, 0.1) is 0 Å². The summed E-state index contributed by atoms with van der Waals surface area (Å²) in [5, 5.41) is 21.0. The maximum atomic E-state index is 10.5. The first-order valence-electron chi connectivity index (χ1n) is 7.31. The minimum Gasteiger partial charge on any atom is -0.443 e. The standard InChI is InChI=1S/C18H16B2O2/c21-19(15-8-3-1-4-9-15)17-12-7-13-18(14-17)20(22)16-10-5-2-6-11-16/h1-14,21-22H. The molecule has 106 valence electrons. The second-order valence-corrected chi connectivity index (χ2v) is 5.30. The van der Waals surface area contributed by atoms with Gasteiger partial charge in [-0.05, 0) is 21.9 Å². The van der Waals surface area contributed by atoms with Crippen molar-refractivity contribution in [3.05, 3.63) is 84.9 Å². The average molecular weight is 286 g/mol. The van der Waals surface area contributed by atoms with Crippen LogP contribution in [0.4, 0.5) is 0 Å². The molecule has 0 saturated heterocycles. The number of benzene rings is 3. The van der Waals surface area contributed by atoms with Crippen molar-refractivity contribution in [2.24, 2.45) is 0 Å². The van der Waals surface area contributed by atoms with Crippen LogP contribution in [0.2, 0.25) is 0 Å². The van der Waals surface area contributed by atoms with Gasteiger partial charge in [-0.25, -0.2) is 0 Å². The lowest BCUT2D eigenvalue weighted by Crippen LogP contribution is -2.47. The van der Waals surface area contributed by atoms with Gasteiger partial charge >= 0.3 is 13.8 Å². The van der Waals surface area contributed by atoms with E-state index in [0.29, 0.717) is 0 Å². The predicted molar refractivity (Wildman–Crippen MR) is 93.8 cm³/mol. The van der Waals surface area contributed by atoms with E-state index in [0.717, 1.165) is 21.9 Å². The van der Waals surface area contributed by atoms with Gasteiger partial charge < -0.3 is 10.0 Å². The maximum absolute atomic E-state index is 10.5. The third-order valence-corrected chi connectivity index (χ3v) is 3.77. The summed E-state index contributed by atoms with van der Waals surface area (Å²) in [6.07, 6.45) is 0. The Balaban J connectivity index is 1.90. The van der Waals surface area contributed by atoms with Gasteiger partial charge in [-0.3, -0.25) is 0 Å². The molecule has 0 aliphatic heterocycles. The molecule has 22 heavy (non-hydrogen) atoms. The van der Waals surface area contributed by atoms with E-state index in [1.165, 1.54) is 0 Å². The maximum Gasteiger partial charge on any atom is 0.358 e. The van der Waals surface area contributed by atoms with Crippen LogP contribution in [0.25, 0.3) is 0 Å². The fourth-order valence-electron chi connectivity index (χ4n) is 2.55. The zero-order chi connectivity index (χ0) is 15.4. The molecule has 3 aromatic carbocycles. The van der Waals surface area contributed by atoms with E-state index < -0.39 is 13.8 Å². The minimum absolute atomic E-state index is 0.691. The Morgan fingerprint density at radius 1 is 0.455 bits per heavy atom. The van der Waals surface area contributed by atoms with Gasteiger partial charge in [-0.15, -0.1) is 0 Å². The van der Waals surface area contributed by atoms with Crippen LogP contribution in [-0.2, 0) is 0 Å². The van der Waals surface area contributed by atoms with Crippen LogP contribution < -0.4 is 21.9 Å². The highest BCUT2D eigenvalue weighted by Gasteiger charge is 2.21. The molecular formula is C18H16B2O2. The van der Waals surface area contributed by atoms with Crippen LogP contribution in [0.1, 0.15) is 0 Å². The van der Waals surface area contributed by atoms with Crippen LogP contribution in [-0.4, -0.2) is 23.9 Å². The lowest BCUT2D eigenvalue weighted by atomic mass is 9.51. The third kappa shape index (κ3) is 3.14. The highest BCUT2D eigenvalue weighted by atomic mass is 16.2. The van der Waals surface area contributed by atoms with Gasteiger partial charge in [0.1, 0.15) is 0 Å². The number of hydrogen-bond donors (Lipinski definition) is 2. The first kappa shape index (κ1) is 14.6. The molecule has 2 N–H and O–H groups in total. The summed E-state index contributed by atoms with van der Waals surface area (Å²) < 4.78 is 0. The van der Waals surface area contributed by atoms with Crippen LogP contribution in [0, 0.1) is 0 Å². The lowest BCUT2D eigenvalue weighted by molar-refractivity contribution is 0.599. The van der Waals surface area contributed by atoms with E-state index in [2.05, 4.69) is 0 Å². The summed E-state index contributed by atoms with van der Waals surface area (Å²) in [5.41, 5.74) is 3.24. The summed E-state index contributed by atoms with van der Waals surface area (Å²) in [5.74, 6) is 0. The molecule has 0 radical (unpaired) electrons. The summed E-state index contributed by atoms with van der Waals surface area (Å²) >= 11 is 0. The van der Waals surface area contributed by atoms with Crippen molar-refractivity contribution in [3.63, 3.8) is 0 Å². The Labute approximate surface area is 131 Å². The van der Waals surface area contributed by atoms with E-state index >= 15 is 0 Å². The van der Waals surface area contributed by atoms with Gasteiger partial charge in [-0.1, -0.05) is 84.9 Å². The SMILES string of the molecule is OB(c1ccccc1)c1cccc(B(O)c2ccccc2)c1. The van der Waals surface area contributed by atoms with Crippen molar-refractivity contribution >= 4 is 35.7 Å². The third-order valence-electron chi connectivity index (χ3n) is 3.77. The average Bonchev–Trinajstić information content (AvgIpc) is 2.62. The van der Waals surface area contributed by atoms with Crippen molar-refractivity contribution in [1.82, 2.24) is 0 Å².